The van der Waals surface area contributed by atoms with Gasteiger partial charge in [-0.15, -0.1) is 0 Å². The van der Waals surface area contributed by atoms with E-state index in [2.05, 4.69) is 69.0 Å². The molecule has 2 unspecified atom stereocenters. The average Bonchev–Trinajstić information content (AvgIpc) is 0.789. The third-order valence-electron chi connectivity index (χ3n) is 19.0. The van der Waals surface area contributed by atoms with E-state index < -0.39 is 47.3 Å². The SMILES string of the molecule is C=C(C)C(=O)OCCCCCCC1(C(=O)O)C=C(OCCCCCCOC(=O)CCC(=O)OCCCCCCOc2ccc(C3CCC(CCC)CC3)cc2)C=CC1OCCCCCCOC(=O)CCC(=O)OCCCCCCOc1ccc(C2CCC(CCC)CC2)cc1. The van der Waals surface area contributed by atoms with Gasteiger partial charge in [-0.05, 0) is 239 Å². The van der Waals surface area contributed by atoms with Crippen LogP contribution in [0, 0.1) is 17.3 Å². The van der Waals surface area contributed by atoms with Gasteiger partial charge in [-0.2, -0.15) is 0 Å². The summed E-state index contributed by atoms with van der Waals surface area (Å²) in [6.07, 6.45) is 36.4. The van der Waals surface area contributed by atoms with Gasteiger partial charge in [-0.1, -0.05) is 102 Å². The Morgan fingerprint density at radius 3 is 1.16 bits per heavy atom. The van der Waals surface area contributed by atoms with Crippen molar-refractivity contribution in [3.05, 3.63) is 95.8 Å². The molecule has 0 saturated heterocycles. The molecule has 0 spiro atoms. The number of aliphatic carboxylic acids is 1. The zero-order chi connectivity index (χ0) is 68.0. The fourth-order valence-corrected chi connectivity index (χ4v) is 13.2. The number of allylic oxidation sites excluding steroid dienone is 1. The van der Waals surface area contributed by atoms with E-state index in [1.165, 1.54) is 88.2 Å². The van der Waals surface area contributed by atoms with E-state index in [9.17, 15) is 33.9 Å². The number of carboxylic acids is 1. The summed E-state index contributed by atoms with van der Waals surface area (Å²) < 4.78 is 51.1. The first kappa shape index (κ1) is 79.5. The maximum absolute atomic E-state index is 13.2. The number of esters is 5. The predicted octanol–water partition coefficient (Wildman–Crippen LogP) is 18.3. The summed E-state index contributed by atoms with van der Waals surface area (Å²) >= 11 is 0. The Hall–Kier alpha value is -6.16. The number of ether oxygens (including phenoxy) is 9. The van der Waals surface area contributed by atoms with Crippen LogP contribution in [-0.4, -0.2) is 106 Å². The molecule has 2 aromatic rings. The number of benzene rings is 2. The third kappa shape index (κ3) is 33.6. The molecule has 0 heterocycles. The van der Waals surface area contributed by atoms with Crippen LogP contribution in [0.4, 0.5) is 0 Å². The second kappa shape index (κ2) is 48.5. The van der Waals surface area contributed by atoms with Crippen LogP contribution in [0.5, 0.6) is 11.5 Å². The van der Waals surface area contributed by atoms with Gasteiger partial charge < -0.3 is 47.7 Å². The lowest BCUT2D eigenvalue weighted by Gasteiger charge is -2.36. The fraction of sp³-hybridized carbons (Fsp3) is 0.696. The summed E-state index contributed by atoms with van der Waals surface area (Å²) in [5.74, 6) is 2.37. The van der Waals surface area contributed by atoms with Crippen LogP contribution >= 0.6 is 0 Å². The molecule has 2 atom stereocenters. The second-order valence-corrected chi connectivity index (χ2v) is 26.9. The molecule has 16 heteroatoms. The van der Waals surface area contributed by atoms with Crippen molar-refractivity contribution in [3.8, 4) is 11.5 Å². The fourth-order valence-electron chi connectivity index (χ4n) is 13.2. The Bertz CT molecular complexity index is 2540. The lowest BCUT2D eigenvalue weighted by molar-refractivity contribution is -0.154. The lowest BCUT2D eigenvalue weighted by atomic mass is 9.74. The molecule has 0 amide bonds. The molecule has 3 aliphatic carbocycles. The van der Waals surface area contributed by atoms with E-state index in [1.807, 2.05) is 0 Å². The highest BCUT2D eigenvalue weighted by atomic mass is 16.6. The normalized spacial score (nSPS) is 19.2. The van der Waals surface area contributed by atoms with Crippen LogP contribution in [0.2, 0.25) is 0 Å². The molecule has 2 fully saturated rings. The van der Waals surface area contributed by atoms with Crippen molar-refractivity contribution in [1.29, 1.82) is 0 Å². The number of carbonyl (C=O) groups excluding carboxylic acids is 5. The summed E-state index contributed by atoms with van der Waals surface area (Å²) in [6.45, 7) is 13.2. The number of hydrogen-bond acceptors (Lipinski definition) is 15. The zero-order valence-corrected chi connectivity index (χ0v) is 58.5. The zero-order valence-electron chi connectivity index (χ0n) is 58.5. The Morgan fingerprint density at radius 2 is 0.789 bits per heavy atom. The standard InChI is InChI=1S/C79H120O16/c1-5-27-63-29-33-65(34-30-63)67-37-41-69(42-38-67)87-52-18-9-13-22-56-91-73(80)47-48-75(82)93-58-24-15-11-20-54-89-71-45-46-72(79(61-71,78(85)86)51-17-7-8-26-60-95-77(84)62(3)4)90-55-21-12-16-25-59-94-76(83)50-49-74(81)92-57-23-14-10-19-53-88-70-43-39-68(40-44-70)66-35-31-64(28-6-2)32-36-66/h37-46,61,63-66,72H,3,5-36,47-60H2,1-2,4H3,(H,85,86). The number of hydrogen-bond donors (Lipinski definition) is 1. The molecule has 2 aromatic carbocycles. The summed E-state index contributed by atoms with van der Waals surface area (Å²) in [7, 11) is 0. The van der Waals surface area contributed by atoms with Gasteiger partial charge in [0.05, 0.1) is 84.6 Å². The van der Waals surface area contributed by atoms with Crippen LogP contribution in [0.3, 0.4) is 0 Å². The van der Waals surface area contributed by atoms with Gasteiger partial charge in [0.25, 0.3) is 0 Å². The van der Waals surface area contributed by atoms with E-state index in [0.29, 0.717) is 108 Å². The number of carboxylic acid groups (broad SMARTS) is 1. The van der Waals surface area contributed by atoms with Gasteiger partial charge in [-0.3, -0.25) is 24.0 Å². The van der Waals surface area contributed by atoms with Crippen molar-refractivity contribution >= 4 is 35.8 Å². The highest BCUT2D eigenvalue weighted by Gasteiger charge is 2.46. The Labute approximate surface area is 570 Å². The molecule has 0 bridgehead atoms. The van der Waals surface area contributed by atoms with Crippen LogP contribution in [0.15, 0.2) is 84.7 Å². The monoisotopic (exact) mass is 1320 g/mol. The minimum Gasteiger partial charge on any atom is -0.494 e. The van der Waals surface area contributed by atoms with Crippen molar-refractivity contribution in [2.45, 2.75) is 276 Å². The molecule has 2 saturated carbocycles. The molecule has 95 heavy (non-hydrogen) atoms. The number of unbranched alkanes of at least 4 members (excludes halogenated alkanes) is 15. The predicted molar refractivity (Wildman–Crippen MR) is 371 cm³/mol. The van der Waals surface area contributed by atoms with Crippen molar-refractivity contribution in [2.75, 3.05) is 59.5 Å². The van der Waals surface area contributed by atoms with Crippen molar-refractivity contribution in [1.82, 2.24) is 0 Å². The maximum Gasteiger partial charge on any atom is 0.333 e. The highest BCUT2D eigenvalue weighted by molar-refractivity contribution is 5.87. The van der Waals surface area contributed by atoms with E-state index in [4.69, 9.17) is 42.6 Å². The molecule has 0 aliphatic heterocycles. The third-order valence-corrected chi connectivity index (χ3v) is 19.0. The summed E-state index contributed by atoms with van der Waals surface area (Å²) in [5, 5.41) is 10.8. The summed E-state index contributed by atoms with van der Waals surface area (Å²) in [6, 6.07) is 17.3. The lowest BCUT2D eigenvalue weighted by Crippen LogP contribution is -2.43. The molecule has 0 radical (unpaired) electrons. The van der Waals surface area contributed by atoms with E-state index in [1.54, 1.807) is 25.2 Å². The highest BCUT2D eigenvalue weighted by Crippen LogP contribution is 2.41. The van der Waals surface area contributed by atoms with Gasteiger partial charge in [0.1, 0.15) is 22.7 Å². The first-order valence-electron chi connectivity index (χ1n) is 37.1. The minimum absolute atomic E-state index is 0.0141. The summed E-state index contributed by atoms with van der Waals surface area (Å²) in [4.78, 5) is 74.3. The Morgan fingerprint density at radius 1 is 0.442 bits per heavy atom. The van der Waals surface area contributed by atoms with Gasteiger partial charge in [0, 0.05) is 12.2 Å². The molecule has 532 valence electrons. The van der Waals surface area contributed by atoms with Crippen LogP contribution in [-0.2, 0) is 61.9 Å². The molecule has 5 rings (SSSR count). The topological polar surface area (TPSA) is 206 Å². The maximum atomic E-state index is 13.2. The molecular formula is C79H120O16. The van der Waals surface area contributed by atoms with E-state index in [0.717, 1.165) is 113 Å². The van der Waals surface area contributed by atoms with Crippen LogP contribution in [0.25, 0.3) is 0 Å². The summed E-state index contributed by atoms with van der Waals surface area (Å²) in [5.41, 5.74) is 1.85. The van der Waals surface area contributed by atoms with E-state index >= 15 is 0 Å². The first-order valence-corrected chi connectivity index (χ1v) is 37.1. The molecule has 3 aliphatic rings. The van der Waals surface area contributed by atoms with Gasteiger partial charge >= 0.3 is 35.8 Å². The molecule has 0 aromatic heterocycles. The van der Waals surface area contributed by atoms with Crippen molar-refractivity contribution in [2.24, 2.45) is 17.3 Å². The van der Waals surface area contributed by atoms with Crippen LogP contribution in [0.1, 0.15) is 281 Å². The number of carbonyl (C=O) groups is 6. The second-order valence-electron chi connectivity index (χ2n) is 26.9. The largest absolute Gasteiger partial charge is 0.494 e. The molecular weight excluding hydrogens is 1200 g/mol. The van der Waals surface area contributed by atoms with Gasteiger partial charge in [0.2, 0.25) is 0 Å². The van der Waals surface area contributed by atoms with E-state index in [-0.39, 0.29) is 45.5 Å². The van der Waals surface area contributed by atoms with Crippen LogP contribution < -0.4 is 9.47 Å². The van der Waals surface area contributed by atoms with Crippen molar-refractivity contribution in [3.63, 3.8) is 0 Å². The van der Waals surface area contributed by atoms with Crippen molar-refractivity contribution < 1.29 is 76.5 Å². The quantitative estimate of drug-likeness (QED) is 0.0283. The molecule has 1 N–H and O–H groups in total. The molecule has 16 nitrogen and oxygen atoms in total. The minimum atomic E-state index is -1.36. The average molecular weight is 1330 g/mol. The Kier molecular flexibility index (Phi) is 40.6. The first-order chi connectivity index (χ1) is 46.3. The Balaban J connectivity index is 0.857. The smallest absolute Gasteiger partial charge is 0.333 e. The van der Waals surface area contributed by atoms with Gasteiger partial charge in [0.15, 0.2) is 0 Å². The van der Waals surface area contributed by atoms with Gasteiger partial charge in [-0.25, -0.2) is 4.79 Å². The number of rotatable bonds is 53.